The molecule has 2 aromatic rings. The Morgan fingerprint density at radius 2 is 1.69 bits per heavy atom. The highest BCUT2D eigenvalue weighted by atomic mass is 16.3. The normalized spacial score (nSPS) is 10.8. The van der Waals surface area contributed by atoms with E-state index in [4.69, 9.17) is 5.84 Å². The van der Waals surface area contributed by atoms with E-state index in [0.29, 0.717) is 0 Å². The van der Waals surface area contributed by atoms with E-state index in [2.05, 4.69) is 5.10 Å². The first kappa shape index (κ1) is 10.2. The Kier molecular flexibility index (Phi) is 2.87. The summed E-state index contributed by atoms with van der Waals surface area (Å²) in [5, 5.41) is 13.1. The molecule has 3 nitrogen and oxygen atoms in total. The molecule has 0 saturated carbocycles. The van der Waals surface area contributed by atoms with Crippen LogP contribution in [0.5, 0.6) is 5.75 Å². The molecule has 3 N–H and O–H groups in total. The van der Waals surface area contributed by atoms with E-state index in [1.54, 1.807) is 18.3 Å². The maximum Gasteiger partial charge on any atom is 0.123 e. The summed E-state index contributed by atoms with van der Waals surface area (Å²) in [5.41, 5.74) is 2.72. The first-order valence-corrected chi connectivity index (χ1v) is 4.93. The van der Waals surface area contributed by atoms with Crippen LogP contribution in [0.15, 0.2) is 53.6 Å². The average Bonchev–Trinajstić information content (AvgIpc) is 2.31. The Morgan fingerprint density at radius 1 is 1.00 bits per heavy atom. The lowest BCUT2D eigenvalue weighted by Gasteiger charge is -2.04. The van der Waals surface area contributed by atoms with Gasteiger partial charge in [-0.25, -0.2) is 0 Å². The number of nitrogens with two attached hydrogens (primary N) is 1. The van der Waals surface area contributed by atoms with Crippen LogP contribution in [0.1, 0.15) is 5.56 Å². The van der Waals surface area contributed by atoms with Gasteiger partial charge in [0, 0.05) is 5.56 Å². The highest BCUT2D eigenvalue weighted by Crippen LogP contribution is 2.28. The van der Waals surface area contributed by atoms with E-state index in [-0.39, 0.29) is 5.75 Å². The zero-order valence-corrected chi connectivity index (χ0v) is 8.67. The smallest absolute Gasteiger partial charge is 0.123 e. The summed E-state index contributed by atoms with van der Waals surface area (Å²) in [7, 11) is 0. The van der Waals surface area contributed by atoms with Gasteiger partial charge < -0.3 is 10.9 Å². The minimum absolute atomic E-state index is 0.280. The molecule has 80 valence electrons. The fourth-order valence-electron chi connectivity index (χ4n) is 1.55. The second kappa shape index (κ2) is 4.49. The number of rotatable bonds is 2. The van der Waals surface area contributed by atoms with Crippen molar-refractivity contribution in [3.8, 4) is 16.9 Å². The summed E-state index contributed by atoms with van der Waals surface area (Å²) in [6, 6.07) is 14.9. The molecule has 0 aliphatic rings. The number of hydrazone groups is 1. The maximum atomic E-state index is 9.69. The molecule has 0 heterocycles. The number of para-hydroxylation sites is 1. The molecule has 0 saturated heterocycles. The molecule has 0 aromatic heterocycles. The number of nitrogens with zero attached hydrogens (tertiary/aromatic N) is 1. The van der Waals surface area contributed by atoms with Crippen LogP contribution in [-0.2, 0) is 0 Å². The van der Waals surface area contributed by atoms with Crippen molar-refractivity contribution < 1.29 is 5.11 Å². The third-order valence-electron chi connectivity index (χ3n) is 2.35. The number of aromatic hydroxyl groups is 1. The fraction of sp³-hybridized carbons (Fsp3) is 0. The van der Waals surface area contributed by atoms with Gasteiger partial charge in [-0.3, -0.25) is 0 Å². The van der Waals surface area contributed by atoms with Crippen LogP contribution >= 0.6 is 0 Å². The largest absolute Gasteiger partial charge is 0.507 e. The topological polar surface area (TPSA) is 58.6 Å². The predicted octanol–water partition coefficient (Wildman–Crippen LogP) is 2.35. The summed E-state index contributed by atoms with van der Waals surface area (Å²) in [5.74, 6) is 5.34. The first-order valence-electron chi connectivity index (χ1n) is 4.93. The number of phenols is 1. The van der Waals surface area contributed by atoms with Gasteiger partial charge in [0.05, 0.1) is 6.21 Å². The summed E-state index contributed by atoms with van der Waals surface area (Å²) in [6.07, 6.45) is 1.58. The quantitative estimate of drug-likeness (QED) is 0.456. The molecule has 0 spiro atoms. The Morgan fingerprint density at radius 3 is 2.31 bits per heavy atom. The van der Waals surface area contributed by atoms with Crippen molar-refractivity contribution in [2.75, 3.05) is 0 Å². The first-order chi connectivity index (χ1) is 7.81. The molecule has 0 aliphatic heterocycles. The molecule has 3 heteroatoms. The lowest BCUT2D eigenvalue weighted by atomic mass is 10.0. The summed E-state index contributed by atoms with van der Waals surface area (Å²) < 4.78 is 0. The van der Waals surface area contributed by atoms with Gasteiger partial charge >= 0.3 is 0 Å². The van der Waals surface area contributed by atoms with Crippen LogP contribution in [0, 0.1) is 0 Å². The summed E-state index contributed by atoms with van der Waals surface area (Å²) in [6.45, 7) is 0. The van der Waals surface area contributed by atoms with Gasteiger partial charge in [0.15, 0.2) is 0 Å². The van der Waals surface area contributed by atoms with Crippen LogP contribution in [0.3, 0.4) is 0 Å². The highest BCUT2D eigenvalue weighted by molar-refractivity contribution is 5.81. The van der Waals surface area contributed by atoms with Crippen LogP contribution in [0.25, 0.3) is 11.1 Å². The van der Waals surface area contributed by atoms with E-state index in [0.717, 1.165) is 16.7 Å². The number of benzene rings is 2. The molecule has 0 amide bonds. The van der Waals surface area contributed by atoms with Crippen molar-refractivity contribution in [2.45, 2.75) is 0 Å². The van der Waals surface area contributed by atoms with Crippen molar-refractivity contribution >= 4 is 6.21 Å². The third-order valence-corrected chi connectivity index (χ3v) is 2.35. The molecule has 0 radical (unpaired) electrons. The predicted molar refractivity (Wildman–Crippen MR) is 65.3 cm³/mol. The van der Waals surface area contributed by atoms with Gasteiger partial charge in [-0.1, -0.05) is 42.5 Å². The van der Waals surface area contributed by atoms with Crippen molar-refractivity contribution in [2.24, 2.45) is 10.9 Å². The monoisotopic (exact) mass is 212 g/mol. The van der Waals surface area contributed by atoms with Gasteiger partial charge in [-0.05, 0) is 17.2 Å². The fourth-order valence-corrected chi connectivity index (χ4v) is 1.55. The van der Waals surface area contributed by atoms with Crippen LogP contribution in [-0.4, -0.2) is 11.3 Å². The van der Waals surface area contributed by atoms with Crippen LogP contribution in [0.2, 0.25) is 0 Å². The number of phenolic OH excluding ortho intramolecular Hbond substituents is 1. The zero-order chi connectivity index (χ0) is 11.4. The number of hydrogen-bond donors (Lipinski definition) is 2. The lowest BCUT2D eigenvalue weighted by Crippen LogP contribution is -1.86. The minimum atomic E-state index is 0.280. The Hall–Kier alpha value is -2.29. The molecule has 0 unspecified atom stereocenters. The van der Waals surface area contributed by atoms with Gasteiger partial charge in [-0.2, -0.15) is 5.10 Å². The zero-order valence-electron chi connectivity index (χ0n) is 8.67. The van der Waals surface area contributed by atoms with Crippen molar-refractivity contribution in [1.82, 2.24) is 0 Å². The summed E-state index contributed by atoms with van der Waals surface area (Å²) in [4.78, 5) is 0. The van der Waals surface area contributed by atoms with Crippen molar-refractivity contribution in [3.63, 3.8) is 0 Å². The molecule has 0 fully saturated rings. The SMILES string of the molecule is NN=Cc1ccc(-c2ccccc2O)cc1. The molecule has 0 bridgehead atoms. The van der Waals surface area contributed by atoms with E-state index in [9.17, 15) is 5.11 Å². The Bertz CT molecular complexity index is 504. The second-order valence-electron chi connectivity index (χ2n) is 3.42. The lowest BCUT2D eigenvalue weighted by molar-refractivity contribution is 0.477. The standard InChI is InChI=1S/C13H12N2O/c14-15-9-10-5-7-11(8-6-10)12-3-1-2-4-13(12)16/h1-9,16H,14H2. The minimum Gasteiger partial charge on any atom is -0.507 e. The Balaban J connectivity index is 2.39. The molecule has 0 aliphatic carbocycles. The van der Waals surface area contributed by atoms with Crippen LogP contribution in [0.4, 0.5) is 0 Å². The third kappa shape index (κ3) is 2.03. The number of hydrogen-bond acceptors (Lipinski definition) is 3. The van der Waals surface area contributed by atoms with E-state index in [1.807, 2.05) is 36.4 Å². The van der Waals surface area contributed by atoms with E-state index in [1.165, 1.54) is 0 Å². The maximum absolute atomic E-state index is 9.69. The van der Waals surface area contributed by atoms with E-state index >= 15 is 0 Å². The average molecular weight is 212 g/mol. The molecule has 2 aromatic carbocycles. The second-order valence-corrected chi connectivity index (χ2v) is 3.42. The van der Waals surface area contributed by atoms with Crippen LogP contribution < -0.4 is 5.84 Å². The molecular weight excluding hydrogens is 200 g/mol. The van der Waals surface area contributed by atoms with E-state index < -0.39 is 0 Å². The molecular formula is C13H12N2O. The van der Waals surface area contributed by atoms with Gasteiger partial charge in [-0.15, -0.1) is 0 Å². The summed E-state index contributed by atoms with van der Waals surface area (Å²) >= 11 is 0. The van der Waals surface area contributed by atoms with Crippen molar-refractivity contribution in [3.05, 3.63) is 54.1 Å². The van der Waals surface area contributed by atoms with Gasteiger partial charge in [0.1, 0.15) is 5.75 Å². The molecule has 16 heavy (non-hydrogen) atoms. The molecule has 2 rings (SSSR count). The molecule has 0 atom stereocenters. The Labute approximate surface area is 93.9 Å². The van der Waals surface area contributed by atoms with Gasteiger partial charge in [0.25, 0.3) is 0 Å². The van der Waals surface area contributed by atoms with Crippen molar-refractivity contribution in [1.29, 1.82) is 0 Å². The highest BCUT2D eigenvalue weighted by Gasteiger charge is 2.01. The van der Waals surface area contributed by atoms with Gasteiger partial charge in [0.2, 0.25) is 0 Å².